The van der Waals surface area contributed by atoms with Crippen molar-refractivity contribution in [3.8, 4) is 23.5 Å². The molecule has 1 aromatic heterocycles. The van der Waals surface area contributed by atoms with E-state index < -0.39 is 0 Å². The number of carbonyl (C=O) groups is 1. The maximum atomic E-state index is 12.5. The van der Waals surface area contributed by atoms with Gasteiger partial charge in [0.1, 0.15) is 0 Å². The number of aromatic nitrogens is 1. The molecule has 1 saturated carbocycles. The average molecular weight is 331 g/mol. The molecule has 0 radical (unpaired) electrons. The molecule has 0 unspecified atom stereocenters. The smallest absolute Gasteiger partial charge is 0.320 e. The molecule has 2 heterocycles. The number of benzene rings is 1. The van der Waals surface area contributed by atoms with Gasteiger partial charge in [0.15, 0.2) is 5.82 Å². The number of anilines is 1. The zero-order valence-corrected chi connectivity index (χ0v) is 14.4. The minimum Gasteiger partial charge on any atom is -0.320 e. The van der Waals surface area contributed by atoms with Crippen LogP contribution in [0, 0.1) is 12.3 Å². The third-order valence-electron chi connectivity index (χ3n) is 5.53. The quantitative estimate of drug-likeness (QED) is 0.634. The first-order valence-corrected chi connectivity index (χ1v) is 8.72. The topological polar surface area (TPSA) is 36.4 Å². The fourth-order valence-corrected chi connectivity index (χ4v) is 3.94. The predicted molar refractivity (Wildman–Crippen MR) is 99.3 cm³/mol. The number of urea groups is 1. The van der Waals surface area contributed by atoms with Crippen LogP contribution in [0.2, 0.25) is 0 Å². The summed E-state index contributed by atoms with van der Waals surface area (Å²) >= 11 is 0. The third-order valence-corrected chi connectivity index (χ3v) is 5.53. The fraction of sp³-hybridized carbons (Fsp3) is 0.333. The lowest BCUT2D eigenvalue weighted by Gasteiger charge is -2.29. The van der Waals surface area contributed by atoms with E-state index in [-0.39, 0.29) is 11.6 Å². The van der Waals surface area contributed by atoms with Gasteiger partial charge >= 0.3 is 6.03 Å². The Bertz CT molecular complexity index is 844. The molecule has 3 aliphatic carbocycles. The van der Waals surface area contributed by atoms with Gasteiger partial charge in [-0.1, -0.05) is 37.0 Å². The largest absolute Gasteiger partial charge is 0.326 e. The highest BCUT2D eigenvalue weighted by Crippen LogP contribution is 2.41. The van der Waals surface area contributed by atoms with Crippen LogP contribution >= 0.6 is 0 Å². The Morgan fingerprint density at radius 2 is 1.88 bits per heavy atom. The summed E-state index contributed by atoms with van der Waals surface area (Å²) < 4.78 is 0. The molecule has 4 aliphatic rings. The van der Waals surface area contributed by atoms with E-state index in [0.717, 1.165) is 12.8 Å². The summed E-state index contributed by atoms with van der Waals surface area (Å²) in [6.45, 7) is 0.702. The summed E-state index contributed by atoms with van der Waals surface area (Å²) in [5, 5.41) is 0. The maximum Gasteiger partial charge on any atom is 0.326 e. The fourth-order valence-electron chi connectivity index (χ4n) is 3.94. The molecule has 126 valence electrons. The maximum absolute atomic E-state index is 12.5. The van der Waals surface area contributed by atoms with Gasteiger partial charge in [-0.05, 0) is 42.2 Å². The van der Waals surface area contributed by atoms with E-state index in [1.807, 2.05) is 18.0 Å². The molecule has 0 aromatic carbocycles. The Labute approximate surface area is 148 Å². The normalized spacial score (nSPS) is 18.8. The number of nitrogens with zero attached hydrogens (tertiary/aromatic N) is 3. The predicted octanol–water partition coefficient (Wildman–Crippen LogP) is 3.91. The lowest BCUT2D eigenvalue weighted by Crippen LogP contribution is -2.41. The third kappa shape index (κ3) is 2.66. The summed E-state index contributed by atoms with van der Waals surface area (Å²) in [6, 6.07) is 12.1. The number of hydrogen-bond acceptors (Lipinski definition) is 2. The molecule has 1 spiro atoms. The van der Waals surface area contributed by atoms with E-state index in [1.165, 1.54) is 24.0 Å². The lowest BCUT2D eigenvalue weighted by molar-refractivity contribution is 0.182. The van der Waals surface area contributed by atoms with Gasteiger partial charge in [-0.3, -0.25) is 4.90 Å². The van der Waals surface area contributed by atoms with E-state index in [0.29, 0.717) is 17.9 Å². The van der Waals surface area contributed by atoms with Crippen molar-refractivity contribution in [2.24, 2.45) is 0 Å². The second-order valence-electron chi connectivity index (χ2n) is 6.96. The molecule has 0 bridgehead atoms. The molecule has 0 N–H and O–H groups in total. The van der Waals surface area contributed by atoms with Crippen LogP contribution in [0.4, 0.5) is 10.6 Å². The molecular formula is C21H21N3O. The monoisotopic (exact) mass is 331 g/mol. The molecule has 1 aromatic rings. The van der Waals surface area contributed by atoms with Crippen LogP contribution in [0.15, 0.2) is 42.6 Å². The zero-order chi connectivity index (χ0) is 17.4. The van der Waals surface area contributed by atoms with Crippen LogP contribution < -0.4 is 4.90 Å². The summed E-state index contributed by atoms with van der Waals surface area (Å²) in [5.74, 6) is 3.23. The van der Waals surface area contributed by atoms with E-state index in [2.05, 4.69) is 35.2 Å². The summed E-state index contributed by atoms with van der Waals surface area (Å²) in [4.78, 5) is 20.4. The number of amides is 2. The second-order valence-corrected chi connectivity index (χ2v) is 6.96. The Hall–Kier alpha value is -2.80. The summed E-state index contributed by atoms with van der Waals surface area (Å²) in [6.07, 6.45) is 11.7. The number of terminal acetylenes is 1. The first kappa shape index (κ1) is 15.7. The number of carbonyl (C=O) groups excluding carboxylic acids is 1. The molecule has 2 amide bonds. The molecule has 5 rings (SSSR count). The minimum atomic E-state index is -0.0134. The minimum absolute atomic E-state index is 0.0112. The first-order chi connectivity index (χ1) is 12.1. The van der Waals surface area contributed by atoms with E-state index in [4.69, 9.17) is 6.42 Å². The van der Waals surface area contributed by atoms with Gasteiger partial charge in [0.2, 0.25) is 0 Å². The van der Waals surface area contributed by atoms with Gasteiger partial charge in [0.05, 0.1) is 17.6 Å². The standard InChI is InChI=1S/C15H17N3O.C6H4/c1-3-12-7-6-10-16-13(12)18-11-15(8-4-5-9-15)17(2)14(18)19;1-2-5-4-6(5)3-1/h1,6-7,10H,4-5,8-9,11H2,2H3;1-4H. The van der Waals surface area contributed by atoms with Crippen molar-refractivity contribution in [1.29, 1.82) is 0 Å². The van der Waals surface area contributed by atoms with Gasteiger partial charge in [0.25, 0.3) is 0 Å². The van der Waals surface area contributed by atoms with Gasteiger partial charge in [0, 0.05) is 13.2 Å². The summed E-state index contributed by atoms with van der Waals surface area (Å²) in [5.41, 5.74) is 3.52. The van der Waals surface area contributed by atoms with E-state index in [1.54, 1.807) is 17.2 Å². The average Bonchev–Trinajstić information content (AvgIpc) is 3.01. The van der Waals surface area contributed by atoms with Gasteiger partial charge in [-0.25, -0.2) is 9.78 Å². The van der Waals surface area contributed by atoms with Crippen LogP contribution in [-0.2, 0) is 0 Å². The summed E-state index contributed by atoms with van der Waals surface area (Å²) in [7, 11) is 1.89. The van der Waals surface area contributed by atoms with Crippen molar-refractivity contribution in [3.63, 3.8) is 0 Å². The molecule has 0 atom stereocenters. The van der Waals surface area contributed by atoms with Crippen molar-refractivity contribution >= 4 is 11.8 Å². The van der Waals surface area contributed by atoms with Crippen molar-refractivity contribution in [3.05, 3.63) is 48.2 Å². The molecule has 4 nitrogen and oxygen atoms in total. The molecule has 1 saturated heterocycles. The van der Waals surface area contributed by atoms with Crippen LogP contribution in [0.5, 0.6) is 0 Å². The van der Waals surface area contributed by atoms with Gasteiger partial charge in [-0.15, -0.1) is 6.42 Å². The van der Waals surface area contributed by atoms with Gasteiger partial charge in [-0.2, -0.15) is 0 Å². The molecular weight excluding hydrogens is 310 g/mol. The van der Waals surface area contributed by atoms with E-state index in [9.17, 15) is 4.79 Å². The molecule has 25 heavy (non-hydrogen) atoms. The highest BCUT2D eigenvalue weighted by atomic mass is 16.2. The molecule has 1 aliphatic heterocycles. The van der Waals surface area contributed by atoms with Crippen molar-refractivity contribution in [2.75, 3.05) is 18.5 Å². The molecule has 2 fully saturated rings. The SMILES string of the molecule is C#Cc1cccnc1N1CC2(CCCC2)N(C)C1=O.c1cc2cc-2c1. The number of rotatable bonds is 1. The van der Waals surface area contributed by atoms with Crippen molar-refractivity contribution < 1.29 is 4.79 Å². The Balaban J connectivity index is 0.000000217. The van der Waals surface area contributed by atoms with Crippen LogP contribution in [0.25, 0.3) is 11.1 Å². The van der Waals surface area contributed by atoms with Crippen LogP contribution in [0.3, 0.4) is 0 Å². The highest BCUT2D eigenvalue weighted by Gasteiger charge is 2.50. The highest BCUT2D eigenvalue weighted by molar-refractivity contribution is 5.95. The van der Waals surface area contributed by atoms with Crippen molar-refractivity contribution in [1.82, 2.24) is 9.88 Å². The Morgan fingerprint density at radius 1 is 1.16 bits per heavy atom. The lowest BCUT2D eigenvalue weighted by atomic mass is 9.97. The van der Waals surface area contributed by atoms with Crippen molar-refractivity contribution in [2.45, 2.75) is 31.2 Å². The number of fused-ring (bicyclic) bond motifs is 1. The number of pyridine rings is 1. The Morgan fingerprint density at radius 3 is 2.44 bits per heavy atom. The first-order valence-electron chi connectivity index (χ1n) is 8.72. The zero-order valence-electron chi connectivity index (χ0n) is 14.4. The van der Waals surface area contributed by atoms with E-state index >= 15 is 0 Å². The van der Waals surface area contributed by atoms with Crippen LogP contribution in [-0.4, -0.2) is 35.0 Å². The Kier molecular flexibility index (Phi) is 3.73. The number of likely N-dealkylation sites (N-methyl/N-ethyl adjacent to an activating group) is 1. The van der Waals surface area contributed by atoms with Gasteiger partial charge < -0.3 is 4.90 Å². The number of hydrogen-bond donors (Lipinski definition) is 0. The second kappa shape index (κ2) is 5.93. The molecule has 4 heteroatoms. The van der Waals surface area contributed by atoms with Crippen LogP contribution in [0.1, 0.15) is 31.2 Å².